The summed E-state index contributed by atoms with van der Waals surface area (Å²) in [5.74, 6) is 0.602. The molecule has 1 aromatic rings. The molecule has 2 saturated heterocycles. The van der Waals surface area contributed by atoms with E-state index < -0.39 is 0 Å². The normalized spacial score (nSPS) is 23.4. The Hall–Kier alpha value is -1.59. The van der Waals surface area contributed by atoms with Gasteiger partial charge in [-0.3, -0.25) is 0 Å². The van der Waals surface area contributed by atoms with Gasteiger partial charge in [0.1, 0.15) is 0 Å². The number of nitrogens with one attached hydrogen (secondary N) is 1. The number of carbonyl (C=O) groups excluding carboxylic acids is 1. The highest BCUT2D eigenvalue weighted by Crippen LogP contribution is 2.27. The molecule has 5 heteroatoms. The third kappa shape index (κ3) is 4.95. The van der Waals surface area contributed by atoms with E-state index in [9.17, 15) is 4.79 Å². The summed E-state index contributed by atoms with van der Waals surface area (Å²) in [5.41, 5.74) is 1.12. The number of piperidine rings is 1. The Kier molecular flexibility index (Phi) is 6.32. The number of ether oxygens (including phenoxy) is 1. The van der Waals surface area contributed by atoms with Crippen molar-refractivity contribution in [3.63, 3.8) is 0 Å². The molecule has 0 unspecified atom stereocenters. The molecule has 1 N–H and O–H groups in total. The van der Waals surface area contributed by atoms with Crippen LogP contribution in [0.1, 0.15) is 37.3 Å². The topological polar surface area (TPSA) is 44.8 Å². The van der Waals surface area contributed by atoms with Crippen LogP contribution in [0.2, 0.25) is 0 Å². The lowest BCUT2D eigenvalue weighted by Gasteiger charge is -2.33. The molecule has 0 aliphatic carbocycles. The minimum atomic E-state index is -0.0730. The van der Waals surface area contributed by atoms with Crippen molar-refractivity contribution in [3.05, 3.63) is 35.9 Å². The summed E-state index contributed by atoms with van der Waals surface area (Å²) < 4.78 is 5.87. The summed E-state index contributed by atoms with van der Waals surface area (Å²) in [6, 6.07) is 10.1. The minimum Gasteiger partial charge on any atom is -0.376 e. The first kappa shape index (κ1) is 18.2. The first-order valence-corrected chi connectivity index (χ1v) is 9.50. The van der Waals surface area contributed by atoms with Gasteiger partial charge in [0.2, 0.25) is 0 Å². The molecular formula is C20H31N3O2. The number of benzene rings is 1. The third-order valence-electron chi connectivity index (χ3n) is 5.49. The van der Waals surface area contributed by atoms with Gasteiger partial charge in [0, 0.05) is 20.2 Å². The average Bonchev–Trinajstić information content (AvgIpc) is 3.16. The van der Waals surface area contributed by atoms with Crippen LogP contribution >= 0.6 is 0 Å². The number of hydrogen-bond acceptors (Lipinski definition) is 3. The maximum Gasteiger partial charge on any atom is 0.317 e. The first-order chi connectivity index (χ1) is 12.1. The lowest BCUT2D eigenvalue weighted by atomic mass is 9.96. The summed E-state index contributed by atoms with van der Waals surface area (Å²) in [6.07, 6.45) is 4.47. The molecule has 0 radical (unpaired) electrons. The molecule has 1 aromatic carbocycles. The molecule has 5 nitrogen and oxygen atoms in total. The Bertz CT molecular complexity index is 537. The van der Waals surface area contributed by atoms with E-state index in [1.54, 1.807) is 0 Å². The van der Waals surface area contributed by atoms with Crippen LogP contribution in [-0.2, 0) is 4.74 Å². The maximum atomic E-state index is 12.8. The predicted molar refractivity (Wildman–Crippen MR) is 99.5 cm³/mol. The van der Waals surface area contributed by atoms with Crippen molar-refractivity contribution in [2.24, 2.45) is 5.92 Å². The molecule has 2 heterocycles. The number of nitrogens with zero attached hydrogens (tertiary/aromatic N) is 2. The van der Waals surface area contributed by atoms with Crippen molar-refractivity contribution in [1.82, 2.24) is 15.1 Å². The van der Waals surface area contributed by atoms with Crippen molar-refractivity contribution in [2.75, 3.05) is 40.3 Å². The van der Waals surface area contributed by atoms with Gasteiger partial charge in [-0.2, -0.15) is 0 Å². The molecule has 0 aromatic heterocycles. The van der Waals surface area contributed by atoms with Gasteiger partial charge in [0.05, 0.1) is 12.1 Å². The van der Waals surface area contributed by atoms with Gasteiger partial charge < -0.3 is 19.9 Å². The summed E-state index contributed by atoms with van der Waals surface area (Å²) in [7, 11) is 4.07. The molecule has 2 amide bonds. The molecule has 2 atom stereocenters. The van der Waals surface area contributed by atoms with Crippen LogP contribution < -0.4 is 5.32 Å². The Labute approximate surface area is 151 Å². The van der Waals surface area contributed by atoms with Gasteiger partial charge in [-0.15, -0.1) is 0 Å². The van der Waals surface area contributed by atoms with Crippen molar-refractivity contribution >= 4 is 6.03 Å². The van der Waals surface area contributed by atoms with E-state index in [0.717, 1.165) is 44.6 Å². The van der Waals surface area contributed by atoms with Crippen LogP contribution in [0.3, 0.4) is 0 Å². The van der Waals surface area contributed by atoms with Crippen LogP contribution in [0.5, 0.6) is 0 Å². The zero-order valence-electron chi connectivity index (χ0n) is 15.5. The number of likely N-dealkylation sites (tertiary alicyclic amines) is 1. The number of amides is 2. The van der Waals surface area contributed by atoms with E-state index in [2.05, 4.69) is 29.4 Å². The largest absolute Gasteiger partial charge is 0.376 e. The number of hydrogen-bond donors (Lipinski definition) is 1. The molecule has 0 spiro atoms. The SMILES string of the molecule is CN1CCC(CN(C)C(=O)N[C@@H](c2ccccc2)[C@@H]2CCCO2)CC1. The second-order valence-corrected chi connectivity index (χ2v) is 7.52. The summed E-state index contributed by atoms with van der Waals surface area (Å²) in [4.78, 5) is 17.0. The van der Waals surface area contributed by atoms with E-state index in [0.29, 0.717) is 5.92 Å². The lowest BCUT2D eigenvalue weighted by molar-refractivity contribution is 0.0778. The molecule has 2 aliphatic rings. The predicted octanol–water partition coefficient (Wildman–Crippen LogP) is 2.89. The van der Waals surface area contributed by atoms with Crippen LogP contribution in [0.25, 0.3) is 0 Å². The molecule has 2 aliphatic heterocycles. The fourth-order valence-electron chi connectivity index (χ4n) is 3.87. The quantitative estimate of drug-likeness (QED) is 0.892. The first-order valence-electron chi connectivity index (χ1n) is 9.50. The summed E-state index contributed by atoms with van der Waals surface area (Å²) in [5, 5.41) is 3.22. The van der Waals surface area contributed by atoms with Gasteiger partial charge >= 0.3 is 6.03 Å². The number of rotatable bonds is 5. The van der Waals surface area contributed by atoms with E-state index in [1.807, 2.05) is 30.1 Å². The van der Waals surface area contributed by atoms with Crippen LogP contribution in [0.4, 0.5) is 4.79 Å². The molecule has 25 heavy (non-hydrogen) atoms. The molecule has 138 valence electrons. The lowest BCUT2D eigenvalue weighted by Crippen LogP contribution is -2.45. The molecule has 0 bridgehead atoms. The molecule has 0 saturated carbocycles. The van der Waals surface area contributed by atoms with Crippen molar-refractivity contribution in [1.29, 1.82) is 0 Å². The zero-order valence-corrected chi connectivity index (χ0v) is 15.5. The van der Waals surface area contributed by atoms with Gasteiger partial charge in [-0.1, -0.05) is 30.3 Å². The highest BCUT2D eigenvalue weighted by atomic mass is 16.5. The standard InChI is InChI=1S/C20H31N3O2/c1-22-12-10-16(11-13-22)15-23(2)20(24)21-19(18-9-6-14-25-18)17-7-4-3-5-8-17/h3-5,7-8,16,18-19H,6,9-15H2,1-2H3,(H,21,24)/t18-,19-/m0/s1. The van der Waals surface area contributed by atoms with Gasteiger partial charge in [-0.25, -0.2) is 4.79 Å². The van der Waals surface area contributed by atoms with Crippen LogP contribution in [-0.4, -0.2) is 62.3 Å². The number of carbonyl (C=O) groups is 1. The Morgan fingerprint density at radius 1 is 1.28 bits per heavy atom. The maximum absolute atomic E-state index is 12.8. The van der Waals surface area contributed by atoms with E-state index in [4.69, 9.17) is 4.74 Å². The Balaban J connectivity index is 1.59. The van der Waals surface area contributed by atoms with Gasteiger partial charge in [-0.05, 0) is 57.3 Å². The second kappa shape index (κ2) is 8.68. The average molecular weight is 345 g/mol. The zero-order chi connectivity index (χ0) is 17.6. The van der Waals surface area contributed by atoms with Gasteiger partial charge in [0.25, 0.3) is 0 Å². The highest BCUT2D eigenvalue weighted by molar-refractivity contribution is 5.74. The van der Waals surface area contributed by atoms with E-state index in [-0.39, 0.29) is 18.2 Å². The van der Waals surface area contributed by atoms with Crippen LogP contribution in [0.15, 0.2) is 30.3 Å². The monoisotopic (exact) mass is 345 g/mol. The van der Waals surface area contributed by atoms with Crippen LogP contribution in [0, 0.1) is 5.92 Å². The van der Waals surface area contributed by atoms with Crippen molar-refractivity contribution < 1.29 is 9.53 Å². The van der Waals surface area contributed by atoms with Crippen molar-refractivity contribution in [3.8, 4) is 0 Å². The summed E-state index contributed by atoms with van der Waals surface area (Å²) in [6.45, 7) is 3.87. The third-order valence-corrected chi connectivity index (χ3v) is 5.49. The molecule has 3 rings (SSSR count). The van der Waals surface area contributed by atoms with Crippen molar-refractivity contribution in [2.45, 2.75) is 37.8 Å². The smallest absolute Gasteiger partial charge is 0.317 e. The summed E-state index contributed by atoms with van der Waals surface area (Å²) >= 11 is 0. The fourth-order valence-corrected chi connectivity index (χ4v) is 3.87. The fraction of sp³-hybridized carbons (Fsp3) is 0.650. The highest BCUT2D eigenvalue weighted by Gasteiger charge is 2.30. The minimum absolute atomic E-state index is 0.00304. The van der Waals surface area contributed by atoms with Gasteiger partial charge in [0.15, 0.2) is 0 Å². The Morgan fingerprint density at radius 2 is 2.00 bits per heavy atom. The van der Waals surface area contributed by atoms with E-state index >= 15 is 0 Å². The van der Waals surface area contributed by atoms with E-state index in [1.165, 1.54) is 12.8 Å². The number of urea groups is 1. The second-order valence-electron chi connectivity index (χ2n) is 7.52. The molecular weight excluding hydrogens is 314 g/mol. The Morgan fingerprint density at radius 3 is 2.64 bits per heavy atom. The molecule has 2 fully saturated rings.